The van der Waals surface area contributed by atoms with Gasteiger partial charge in [-0.25, -0.2) is 0 Å². The number of carbonyl (C=O) groups is 2. The number of aryl methyl sites for hydroxylation is 2. The SMILES string of the molecule is Cc1cc(C)cc(CC(=O)N2CCOC(CCN3CCC(C(C)(C)C(N)=O)CC3)(c3ccc(Cl)c(Cl)c3)C2)c1. The number of piperidine rings is 1. The van der Waals surface area contributed by atoms with Crippen molar-refractivity contribution in [3.8, 4) is 0 Å². The fraction of sp³-hybridized carbons (Fsp3) is 0.548. The van der Waals surface area contributed by atoms with E-state index in [1.165, 1.54) is 0 Å². The van der Waals surface area contributed by atoms with Crippen molar-refractivity contribution in [3.05, 3.63) is 68.7 Å². The minimum atomic E-state index is -0.687. The van der Waals surface area contributed by atoms with E-state index in [0.29, 0.717) is 42.6 Å². The van der Waals surface area contributed by atoms with Crippen LogP contribution in [0.15, 0.2) is 36.4 Å². The molecule has 39 heavy (non-hydrogen) atoms. The van der Waals surface area contributed by atoms with Gasteiger partial charge in [-0.1, -0.05) is 72.4 Å². The number of nitrogens with two attached hydrogens (primary N) is 1. The molecule has 0 aliphatic carbocycles. The van der Waals surface area contributed by atoms with Crippen molar-refractivity contribution in [2.75, 3.05) is 39.3 Å². The first kappa shape index (κ1) is 29.9. The Morgan fingerprint density at radius 3 is 2.31 bits per heavy atom. The van der Waals surface area contributed by atoms with Gasteiger partial charge in [-0.15, -0.1) is 0 Å². The average Bonchev–Trinajstić information content (AvgIpc) is 2.88. The second kappa shape index (κ2) is 12.2. The maximum atomic E-state index is 13.5. The van der Waals surface area contributed by atoms with Crippen molar-refractivity contribution in [2.24, 2.45) is 17.1 Å². The lowest BCUT2D eigenvalue weighted by atomic mass is 9.73. The summed E-state index contributed by atoms with van der Waals surface area (Å²) in [5.74, 6) is 0.141. The molecule has 8 heteroatoms. The fourth-order valence-electron chi connectivity index (χ4n) is 6.12. The molecule has 2 aliphatic rings. The molecule has 0 bridgehead atoms. The van der Waals surface area contributed by atoms with Crippen molar-refractivity contribution in [3.63, 3.8) is 0 Å². The van der Waals surface area contributed by atoms with E-state index in [0.717, 1.165) is 54.7 Å². The maximum absolute atomic E-state index is 13.5. The van der Waals surface area contributed by atoms with Gasteiger partial charge in [0.2, 0.25) is 11.8 Å². The number of morpholine rings is 1. The standard InChI is InChI=1S/C31H41Cl2N3O3/c1-21-15-22(2)17-23(16-21)18-28(37)36-13-14-39-31(20-36,25-5-6-26(32)27(33)19-25)9-12-35-10-7-24(8-11-35)30(3,4)29(34)38/h5-6,15-17,19,24H,7-14,18,20H2,1-4H3,(H2,34,38). The Hall–Kier alpha value is -2.12. The van der Waals surface area contributed by atoms with Crippen LogP contribution in [-0.4, -0.2) is 60.9 Å². The third kappa shape index (κ3) is 6.97. The Bertz CT molecular complexity index is 1190. The van der Waals surface area contributed by atoms with E-state index in [1.54, 1.807) is 6.07 Å². The molecule has 212 valence electrons. The largest absolute Gasteiger partial charge is 0.369 e. The normalized spacial score (nSPS) is 21.2. The monoisotopic (exact) mass is 573 g/mol. The Morgan fingerprint density at radius 2 is 1.69 bits per heavy atom. The number of halogens is 2. The molecular formula is C31H41Cl2N3O3. The van der Waals surface area contributed by atoms with Gasteiger partial charge in [-0.05, 0) is 75.4 Å². The highest BCUT2D eigenvalue weighted by molar-refractivity contribution is 6.42. The lowest BCUT2D eigenvalue weighted by Crippen LogP contribution is -2.53. The molecule has 2 aromatic rings. The molecule has 2 amide bonds. The molecule has 2 aliphatic heterocycles. The first-order valence-corrected chi connectivity index (χ1v) is 14.6. The Morgan fingerprint density at radius 1 is 1.03 bits per heavy atom. The number of likely N-dealkylation sites (tertiary alicyclic amines) is 1. The van der Waals surface area contributed by atoms with Crippen molar-refractivity contribution < 1.29 is 14.3 Å². The number of carbonyl (C=O) groups excluding carboxylic acids is 2. The highest BCUT2D eigenvalue weighted by Crippen LogP contribution is 2.39. The zero-order chi connectivity index (χ0) is 28.4. The summed E-state index contributed by atoms with van der Waals surface area (Å²) in [6, 6.07) is 11.9. The Kier molecular flexibility index (Phi) is 9.32. The van der Waals surface area contributed by atoms with Gasteiger partial charge in [0.05, 0.1) is 29.6 Å². The first-order valence-electron chi connectivity index (χ1n) is 13.9. The molecule has 1 atom stereocenters. The van der Waals surface area contributed by atoms with E-state index < -0.39 is 11.0 Å². The summed E-state index contributed by atoms with van der Waals surface area (Å²) in [6.45, 7) is 12.1. The summed E-state index contributed by atoms with van der Waals surface area (Å²) in [4.78, 5) is 29.8. The van der Waals surface area contributed by atoms with Gasteiger partial charge in [0, 0.05) is 18.5 Å². The summed E-state index contributed by atoms with van der Waals surface area (Å²) in [7, 11) is 0. The summed E-state index contributed by atoms with van der Waals surface area (Å²) in [5, 5.41) is 0.971. The van der Waals surface area contributed by atoms with E-state index in [4.69, 9.17) is 33.7 Å². The van der Waals surface area contributed by atoms with E-state index in [1.807, 2.05) is 30.9 Å². The lowest BCUT2D eigenvalue weighted by molar-refractivity contribution is -0.154. The van der Waals surface area contributed by atoms with Gasteiger partial charge >= 0.3 is 0 Å². The molecule has 0 saturated carbocycles. The van der Waals surface area contributed by atoms with Crippen LogP contribution in [0.25, 0.3) is 0 Å². The van der Waals surface area contributed by atoms with Crippen molar-refractivity contribution in [1.82, 2.24) is 9.80 Å². The molecular weight excluding hydrogens is 533 g/mol. The number of nitrogens with zero attached hydrogens (tertiary/aromatic N) is 2. The number of hydrogen-bond donors (Lipinski definition) is 1. The van der Waals surface area contributed by atoms with Gasteiger partial charge in [-0.3, -0.25) is 9.59 Å². The van der Waals surface area contributed by atoms with Gasteiger partial charge in [-0.2, -0.15) is 0 Å². The van der Waals surface area contributed by atoms with Gasteiger partial charge < -0.3 is 20.3 Å². The van der Waals surface area contributed by atoms with Crippen LogP contribution in [0.5, 0.6) is 0 Å². The zero-order valence-corrected chi connectivity index (χ0v) is 25.1. The smallest absolute Gasteiger partial charge is 0.227 e. The van der Waals surface area contributed by atoms with Crippen LogP contribution >= 0.6 is 23.2 Å². The maximum Gasteiger partial charge on any atom is 0.227 e. The Balaban J connectivity index is 1.50. The first-order chi connectivity index (χ1) is 18.4. The predicted octanol–water partition coefficient (Wildman–Crippen LogP) is 5.52. The van der Waals surface area contributed by atoms with Gasteiger partial charge in [0.15, 0.2) is 0 Å². The van der Waals surface area contributed by atoms with Crippen LogP contribution in [0.2, 0.25) is 10.0 Å². The number of hydrogen-bond acceptors (Lipinski definition) is 4. The highest BCUT2D eigenvalue weighted by atomic mass is 35.5. The molecule has 2 aromatic carbocycles. The van der Waals surface area contributed by atoms with Crippen molar-refractivity contribution in [1.29, 1.82) is 0 Å². The number of amides is 2. The van der Waals surface area contributed by atoms with Crippen LogP contribution in [0.1, 0.15) is 55.4 Å². The third-order valence-electron chi connectivity index (χ3n) is 8.70. The molecule has 6 nitrogen and oxygen atoms in total. The zero-order valence-electron chi connectivity index (χ0n) is 23.6. The molecule has 2 fully saturated rings. The van der Waals surface area contributed by atoms with E-state index in [9.17, 15) is 9.59 Å². The van der Waals surface area contributed by atoms with Crippen molar-refractivity contribution >= 4 is 35.0 Å². The van der Waals surface area contributed by atoms with E-state index >= 15 is 0 Å². The molecule has 2 saturated heterocycles. The number of primary amides is 1. The summed E-state index contributed by atoms with van der Waals surface area (Å²) >= 11 is 12.7. The number of benzene rings is 2. The quantitative estimate of drug-likeness (QED) is 0.451. The average molecular weight is 575 g/mol. The minimum Gasteiger partial charge on any atom is -0.369 e. The van der Waals surface area contributed by atoms with Crippen LogP contribution in [0.4, 0.5) is 0 Å². The van der Waals surface area contributed by atoms with Crippen molar-refractivity contribution in [2.45, 2.75) is 59.0 Å². The predicted molar refractivity (Wildman–Crippen MR) is 157 cm³/mol. The highest BCUT2D eigenvalue weighted by Gasteiger charge is 2.42. The molecule has 1 unspecified atom stereocenters. The van der Waals surface area contributed by atoms with Gasteiger partial charge in [0.25, 0.3) is 0 Å². The Labute approximate surface area is 242 Å². The molecule has 0 spiro atoms. The fourth-order valence-corrected chi connectivity index (χ4v) is 6.42. The molecule has 0 aromatic heterocycles. The summed E-state index contributed by atoms with van der Waals surface area (Å²) in [5.41, 5.74) is 8.77. The minimum absolute atomic E-state index is 0.0993. The molecule has 2 heterocycles. The van der Waals surface area contributed by atoms with E-state index in [2.05, 4.69) is 36.9 Å². The molecule has 0 radical (unpaired) electrons. The van der Waals surface area contributed by atoms with Crippen LogP contribution < -0.4 is 5.73 Å². The van der Waals surface area contributed by atoms with Crippen LogP contribution in [-0.2, 0) is 26.3 Å². The lowest BCUT2D eigenvalue weighted by Gasteiger charge is -2.45. The van der Waals surface area contributed by atoms with Crippen LogP contribution in [0, 0.1) is 25.2 Å². The second-order valence-electron chi connectivity index (χ2n) is 11.9. The van der Waals surface area contributed by atoms with Crippen LogP contribution in [0.3, 0.4) is 0 Å². The third-order valence-corrected chi connectivity index (χ3v) is 9.44. The molecule has 4 rings (SSSR count). The molecule has 2 N–H and O–H groups in total. The van der Waals surface area contributed by atoms with E-state index in [-0.39, 0.29) is 17.7 Å². The summed E-state index contributed by atoms with van der Waals surface area (Å²) in [6.07, 6.45) is 2.93. The number of rotatable bonds is 8. The summed E-state index contributed by atoms with van der Waals surface area (Å²) < 4.78 is 6.53. The van der Waals surface area contributed by atoms with Gasteiger partial charge in [0.1, 0.15) is 5.60 Å². The number of ether oxygens (including phenoxy) is 1. The second-order valence-corrected chi connectivity index (χ2v) is 12.7. The topological polar surface area (TPSA) is 75.9 Å².